The highest BCUT2D eigenvalue weighted by atomic mass is 28.3. The van der Waals surface area contributed by atoms with Gasteiger partial charge in [-0.15, -0.1) is 0 Å². The number of hydrogen-bond acceptors (Lipinski definition) is 0. The van der Waals surface area contributed by atoms with E-state index in [0.29, 0.717) is 6.17 Å². The minimum absolute atomic E-state index is 0.660. The zero-order chi connectivity index (χ0) is 5.21. The van der Waals surface area contributed by atoms with E-state index in [9.17, 15) is 0 Å². The van der Waals surface area contributed by atoms with Crippen LogP contribution in [0.3, 0.4) is 0 Å². The maximum absolute atomic E-state index is 6.92. The highest BCUT2D eigenvalue weighted by Gasteiger charge is 2.07. The van der Waals surface area contributed by atoms with Gasteiger partial charge in [-0.2, -0.15) is 0 Å². The third-order valence-electron chi connectivity index (χ3n) is 0.530. The van der Waals surface area contributed by atoms with Crippen LogP contribution in [-0.2, 0) is 0 Å². The van der Waals surface area contributed by atoms with Crippen LogP contribution in [0.25, 0.3) is 0 Å². The predicted octanol–water partition coefficient (Wildman–Crippen LogP) is 1.15. The maximum atomic E-state index is 6.92. The summed E-state index contributed by atoms with van der Waals surface area (Å²) in [7, 11) is -0.965. The van der Waals surface area contributed by atoms with E-state index in [0.717, 1.165) is 0 Å². The van der Waals surface area contributed by atoms with Crippen molar-refractivity contribution in [2.45, 2.75) is 19.6 Å². The molecule has 0 atom stereocenters. The fourth-order valence-electron chi connectivity index (χ4n) is 0. The van der Waals surface area contributed by atoms with Crippen molar-refractivity contribution in [3.05, 3.63) is 0 Å². The van der Waals surface area contributed by atoms with Gasteiger partial charge < -0.3 is 0 Å². The second-order valence-corrected chi connectivity index (χ2v) is 8.21. The van der Waals surface area contributed by atoms with Crippen LogP contribution in [0.5, 0.6) is 0 Å². The summed E-state index contributed by atoms with van der Waals surface area (Å²) in [6, 6.07) is 0. The van der Waals surface area contributed by atoms with Crippen molar-refractivity contribution in [3.8, 4) is 0 Å². The molecule has 0 aliphatic heterocycles. The summed E-state index contributed by atoms with van der Waals surface area (Å²) < 4.78 is 0. The Morgan fingerprint density at radius 3 is 1.50 bits per heavy atom. The maximum Gasteiger partial charge on any atom is 0.0614 e. The summed E-state index contributed by atoms with van der Waals surface area (Å²) >= 11 is 0. The van der Waals surface area contributed by atoms with Gasteiger partial charge in [0.2, 0.25) is 0 Å². The molecule has 0 aliphatic rings. The van der Waals surface area contributed by atoms with Crippen molar-refractivity contribution in [1.82, 2.24) is 5.73 Å². The Morgan fingerprint density at radius 1 is 1.33 bits per heavy atom. The molecule has 0 aliphatic carbocycles. The Labute approximate surface area is 40.6 Å². The Hall–Kier alpha value is 0.177. The minimum atomic E-state index is -0.965. The monoisotopic (exact) mass is 102 g/mol. The largest absolute Gasteiger partial charge is 0.261 e. The van der Waals surface area contributed by atoms with Crippen molar-refractivity contribution >= 4 is 8.07 Å². The molecular weight excluding hydrogens is 90.1 g/mol. The van der Waals surface area contributed by atoms with Crippen molar-refractivity contribution < 1.29 is 0 Å². The highest BCUT2D eigenvalue weighted by molar-refractivity contribution is 6.76. The van der Waals surface area contributed by atoms with Crippen molar-refractivity contribution in [2.24, 2.45) is 0 Å². The first-order chi connectivity index (χ1) is 2.56. The Balaban J connectivity index is 3.17. The first-order valence-electron chi connectivity index (χ1n) is 2.21. The second-order valence-electron chi connectivity index (χ2n) is 2.74. The van der Waals surface area contributed by atoms with E-state index in [1.54, 1.807) is 0 Å². The van der Waals surface area contributed by atoms with Crippen LogP contribution in [0.4, 0.5) is 0 Å². The molecule has 0 heterocycles. The Morgan fingerprint density at radius 2 is 1.50 bits per heavy atom. The minimum Gasteiger partial charge on any atom is -0.261 e. The zero-order valence-corrected chi connectivity index (χ0v) is 5.71. The molecule has 0 rings (SSSR count). The third kappa shape index (κ3) is 4.18. The lowest BCUT2D eigenvalue weighted by molar-refractivity contribution is 1.24. The number of rotatable bonds is 1. The molecule has 2 heteroatoms. The molecule has 0 saturated carbocycles. The lowest BCUT2D eigenvalue weighted by Crippen LogP contribution is -2.26. The molecule has 1 N–H and O–H groups in total. The van der Waals surface area contributed by atoms with Gasteiger partial charge in [0.15, 0.2) is 0 Å². The van der Waals surface area contributed by atoms with Crippen LogP contribution in [0, 0.1) is 0 Å². The summed E-state index contributed by atoms with van der Waals surface area (Å²) in [6.07, 6.45) is 0.660. The predicted molar refractivity (Wildman–Crippen MR) is 31.3 cm³/mol. The van der Waals surface area contributed by atoms with Gasteiger partial charge in [0.25, 0.3) is 0 Å². The van der Waals surface area contributed by atoms with E-state index in [-0.39, 0.29) is 0 Å². The zero-order valence-electron chi connectivity index (χ0n) is 4.71. The molecular formula is C4H12NSi. The van der Waals surface area contributed by atoms with E-state index in [4.69, 9.17) is 5.73 Å². The van der Waals surface area contributed by atoms with Gasteiger partial charge in [0.1, 0.15) is 0 Å². The van der Waals surface area contributed by atoms with E-state index in [1.165, 1.54) is 0 Å². The highest BCUT2D eigenvalue weighted by Crippen LogP contribution is 1.94. The molecule has 0 saturated heterocycles. The molecule has 0 bridgehead atoms. The van der Waals surface area contributed by atoms with Crippen LogP contribution in [0.1, 0.15) is 0 Å². The van der Waals surface area contributed by atoms with Crippen LogP contribution >= 0.6 is 0 Å². The molecule has 1 nitrogen and oxygen atoms in total. The normalized spacial score (nSPS) is 12.0. The number of hydrogen-bond donors (Lipinski definition) is 0. The smallest absolute Gasteiger partial charge is 0.0614 e. The summed E-state index contributed by atoms with van der Waals surface area (Å²) in [4.78, 5) is 0. The molecule has 0 aromatic heterocycles. The quantitative estimate of drug-likeness (QED) is 0.443. The molecule has 6 heavy (non-hydrogen) atoms. The molecule has 0 aromatic rings. The number of nitrogens with one attached hydrogen (secondary N) is 1. The standard InChI is InChI=1S/C4H12NSi/c1-6(2,3)4-5/h5H,4H2,1-3H3. The first-order valence-corrected chi connectivity index (χ1v) is 5.91. The SMILES string of the molecule is C[Si](C)(C)C[NH]. The van der Waals surface area contributed by atoms with Crippen LogP contribution in [0.15, 0.2) is 0 Å². The fraction of sp³-hybridized carbons (Fsp3) is 1.00. The van der Waals surface area contributed by atoms with Crippen molar-refractivity contribution in [2.75, 3.05) is 6.17 Å². The van der Waals surface area contributed by atoms with Gasteiger partial charge in [-0.3, -0.25) is 5.73 Å². The average Bonchev–Trinajstić information content (AvgIpc) is 1.35. The molecule has 0 aromatic carbocycles. The van der Waals surface area contributed by atoms with Crippen molar-refractivity contribution in [3.63, 3.8) is 0 Å². The topological polar surface area (TPSA) is 23.8 Å². The van der Waals surface area contributed by atoms with E-state index >= 15 is 0 Å². The molecule has 37 valence electrons. The van der Waals surface area contributed by atoms with E-state index in [2.05, 4.69) is 19.6 Å². The summed E-state index contributed by atoms with van der Waals surface area (Å²) in [6.45, 7) is 6.58. The molecule has 0 fully saturated rings. The fourth-order valence-corrected chi connectivity index (χ4v) is 0. The average molecular weight is 102 g/mol. The van der Waals surface area contributed by atoms with E-state index in [1.807, 2.05) is 0 Å². The molecule has 0 amide bonds. The third-order valence-corrected chi connectivity index (χ3v) is 1.59. The van der Waals surface area contributed by atoms with Gasteiger partial charge in [-0.25, -0.2) is 0 Å². The lowest BCUT2D eigenvalue weighted by Gasteiger charge is -2.08. The van der Waals surface area contributed by atoms with Crippen LogP contribution < -0.4 is 5.73 Å². The van der Waals surface area contributed by atoms with Gasteiger partial charge in [0.05, 0.1) is 8.07 Å². The van der Waals surface area contributed by atoms with Gasteiger partial charge in [0, 0.05) is 6.17 Å². The Bertz CT molecular complexity index is 37.3. The molecule has 0 spiro atoms. The summed E-state index contributed by atoms with van der Waals surface area (Å²) in [5.41, 5.74) is 6.92. The van der Waals surface area contributed by atoms with E-state index < -0.39 is 8.07 Å². The van der Waals surface area contributed by atoms with Crippen LogP contribution in [-0.4, -0.2) is 14.2 Å². The Kier molecular flexibility index (Phi) is 1.81. The second kappa shape index (κ2) is 1.75. The van der Waals surface area contributed by atoms with Gasteiger partial charge in [-0.05, 0) is 0 Å². The molecule has 1 radical (unpaired) electrons. The molecule has 0 unspecified atom stereocenters. The summed E-state index contributed by atoms with van der Waals surface area (Å²) in [5, 5.41) is 0. The first kappa shape index (κ1) is 6.18. The lowest BCUT2D eigenvalue weighted by atomic mass is 11.5. The van der Waals surface area contributed by atoms with Crippen molar-refractivity contribution in [1.29, 1.82) is 0 Å². The van der Waals surface area contributed by atoms with Gasteiger partial charge >= 0.3 is 0 Å². The van der Waals surface area contributed by atoms with Gasteiger partial charge in [-0.1, -0.05) is 19.6 Å². The summed E-state index contributed by atoms with van der Waals surface area (Å²) in [5.74, 6) is 0. The van der Waals surface area contributed by atoms with Crippen LogP contribution in [0.2, 0.25) is 19.6 Å².